The van der Waals surface area contributed by atoms with E-state index >= 15 is 0 Å². The Balaban J connectivity index is 1.51. The van der Waals surface area contributed by atoms with Crippen LogP contribution in [0.25, 0.3) is 0 Å². The van der Waals surface area contributed by atoms with Gasteiger partial charge in [0.2, 0.25) is 0 Å². The van der Waals surface area contributed by atoms with Gasteiger partial charge in [-0.3, -0.25) is 10.1 Å². The number of rotatable bonds is 0. The van der Waals surface area contributed by atoms with Crippen molar-refractivity contribution in [3.8, 4) is 0 Å². The van der Waals surface area contributed by atoms with E-state index in [1.165, 1.54) is 0 Å². The van der Waals surface area contributed by atoms with Gasteiger partial charge in [0, 0.05) is 41.8 Å². The maximum absolute atomic E-state index is 11.9. The molecule has 2 atom stereocenters. The third-order valence-electron chi connectivity index (χ3n) is 5.16. The van der Waals surface area contributed by atoms with Crippen LogP contribution in [0.2, 0.25) is 0 Å². The third kappa shape index (κ3) is 4.15. The number of aromatic nitrogens is 3. The van der Waals surface area contributed by atoms with Gasteiger partial charge in [0.25, 0.3) is 0 Å². The van der Waals surface area contributed by atoms with E-state index in [0.29, 0.717) is 12.5 Å². The van der Waals surface area contributed by atoms with E-state index in [2.05, 4.69) is 37.9 Å². The molecule has 0 spiro atoms. The predicted molar refractivity (Wildman–Crippen MR) is 98.5 cm³/mol. The zero-order valence-corrected chi connectivity index (χ0v) is 14.8. The normalized spacial score (nSPS) is 23.9. The number of aromatic amines is 1. The molecule has 7 heteroatoms. The lowest BCUT2D eigenvalue weighted by Gasteiger charge is -2.13. The number of anilines is 2. The number of pyridine rings is 1. The van der Waals surface area contributed by atoms with Gasteiger partial charge in [-0.1, -0.05) is 6.42 Å². The minimum atomic E-state index is -0.293. The monoisotopic (exact) mass is 355 g/mol. The summed E-state index contributed by atoms with van der Waals surface area (Å²) >= 11 is 0. The number of hydrogen-bond donors (Lipinski definition) is 3. The van der Waals surface area contributed by atoms with Gasteiger partial charge in [0.05, 0.1) is 0 Å². The van der Waals surface area contributed by atoms with Crippen molar-refractivity contribution in [1.29, 1.82) is 0 Å². The van der Waals surface area contributed by atoms with E-state index in [9.17, 15) is 4.79 Å². The predicted octanol–water partition coefficient (Wildman–Crippen LogP) is 3.64. The second-order valence-corrected chi connectivity index (χ2v) is 7.14. The second kappa shape index (κ2) is 7.76. The summed E-state index contributed by atoms with van der Waals surface area (Å²) in [5, 5.41) is 13.7. The summed E-state index contributed by atoms with van der Waals surface area (Å²) in [7, 11) is 0. The van der Waals surface area contributed by atoms with Crippen LogP contribution >= 0.6 is 0 Å². The van der Waals surface area contributed by atoms with Crippen LogP contribution in [0.4, 0.5) is 16.3 Å². The molecule has 1 saturated carbocycles. The molecule has 7 nitrogen and oxygen atoms in total. The molecule has 1 aliphatic carbocycles. The minimum absolute atomic E-state index is 0.0126. The number of hydrogen-bond acceptors (Lipinski definition) is 5. The summed E-state index contributed by atoms with van der Waals surface area (Å²) in [6.07, 6.45) is 8.24. The summed E-state index contributed by atoms with van der Waals surface area (Å²) in [5.74, 6) is 1.16. The molecule has 3 N–H and O–H groups in total. The smallest absolute Gasteiger partial charge is 0.407 e. The van der Waals surface area contributed by atoms with Crippen molar-refractivity contribution < 1.29 is 9.53 Å². The van der Waals surface area contributed by atoms with Gasteiger partial charge in [-0.2, -0.15) is 5.10 Å². The van der Waals surface area contributed by atoms with Crippen LogP contribution in [0.1, 0.15) is 55.8 Å². The highest BCUT2D eigenvalue weighted by atomic mass is 16.6. The number of carbonyl (C=O) groups excluding carboxylic acids is 1. The van der Waals surface area contributed by atoms with Crippen molar-refractivity contribution in [3.63, 3.8) is 0 Å². The Morgan fingerprint density at radius 3 is 3.08 bits per heavy atom. The molecule has 1 fully saturated rings. The first-order valence-corrected chi connectivity index (χ1v) is 9.48. The summed E-state index contributed by atoms with van der Waals surface area (Å²) in [5.41, 5.74) is 3.17. The first kappa shape index (κ1) is 16.9. The van der Waals surface area contributed by atoms with Gasteiger partial charge >= 0.3 is 6.09 Å². The Hall–Kier alpha value is -2.57. The molecule has 138 valence electrons. The SMILES string of the molecule is O=C1NCCCCCc2cc(ccn2)Nc2cc([nH]n2)[C@H]2CC[C@H](C2)O1. The molecule has 4 rings (SSSR count). The Bertz CT molecular complexity index is 760. The standard InChI is InChI=1S/C19H25N5O2/c25-19-21-8-3-1-2-4-14-11-15(7-9-20-14)22-18-12-17(23-24-18)13-5-6-16(10-13)26-19/h7,9,11-13,16H,1-6,8,10H2,(H,21,25)(H2,22,23,24)/t13-,16+/m0/s1. The number of amides is 1. The molecular weight excluding hydrogens is 330 g/mol. The zero-order valence-electron chi connectivity index (χ0n) is 14.8. The molecule has 2 aromatic rings. The van der Waals surface area contributed by atoms with E-state index in [-0.39, 0.29) is 12.2 Å². The molecule has 6 bridgehead atoms. The lowest BCUT2D eigenvalue weighted by atomic mass is 10.0. The topological polar surface area (TPSA) is 91.9 Å². The fourth-order valence-corrected chi connectivity index (χ4v) is 3.77. The van der Waals surface area contributed by atoms with E-state index < -0.39 is 0 Å². The molecule has 2 aromatic heterocycles. The number of nitrogens with zero attached hydrogens (tertiary/aromatic N) is 2. The lowest BCUT2D eigenvalue weighted by molar-refractivity contribution is 0.100. The van der Waals surface area contributed by atoms with Gasteiger partial charge in [0.15, 0.2) is 5.82 Å². The van der Waals surface area contributed by atoms with Crippen LogP contribution in [-0.2, 0) is 11.2 Å². The quantitative estimate of drug-likeness (QED) is 0.671. The number of carbonyl (C=O) groups is 1. The minimum Gasteiger partial charge on any atom is -0.446 e. The van der Waals surface area contributed by atoms with Crippen LogP contribution < -0.4 is 10.6 Å². The number of ether oxygens (including phenoxy) is 1. The average Bonchev–Trinajstić information content (AvgIpc) is 3.27. The van der Waals surface area contributed by atoms with E-state index in [1.54, 1.807) is 0 Å². The molecule has 3 heterocycles. The van der Waals surface area contributed by atoms with Crippen LogP contribution in [-0.4, -0.2) is 33.9 Å². The number of aryl methyl sites for hydroxylation is 1. The van der Waals surface area contributed by atoms with Gasteiger partial charge in [-0.25, -0.2) is 4.79 Å². The van der Waals surface area contributed by atoms with E-state index in [4.69, 9.17) is 4.74 Å². The Kier molecular flexibility index (Phi) is 5.04. The van der Waals surface area contributed by atoms with Crippen LogP contribution in [0.15, 0.2) is 24.4 Å². The molecule has 0 radical (unpaired) electrons. The van der Waals surface area contributed by atoms with Crippen LogP contribution in [0.3, 0.4) is 0 Å². The Morgan fingerprint density at radius 2 is 2.12 bits per heavy atom. The summed E-state index contributed by atoms with van der Waals surface area (Å²) in [4.78, 5) is 16.4. The fourth-order valence-electron chi connectivity index (χ4n) is 3.77. The number of nitrogens with one attached hydrogen (secondary N) is 3. The van der Waals surface area contributed by atoms with Crippen molar-refractivity contribution in [3.05, 3.63) is 35.8 Å². The lowest BCUT2D eigenvalue weighted by Crippen LogP contribution is -2.28. The van der Waals surface area contributed by atoms with Gasteiger partial charge in [-0.05, 0) is 50.7 Å². The fraction of sp³-hybridized carbons (Fsp3) is 0.526. The maximum atomic E-state index is 11.9. The average molecular weight is 355 g/mol. The zero-order chi connectivity index (χ0) is 17.8. The van der Waals surface area contributed by atoms with Crippen molar-refractivity contribution in [2.45, 2.75) is 57.0 Å². The van der Waals surface area contributed by atoms with Gasteiger partial charge < -0.3 is 15.4 Å². The summed E-state index contributed by atoms with van der Waals surface area (Å²) in [6.45, 7) is 0.661. The van der Waals surface area contributed by atoms with Crippen LogP contribution in [0, 0.1) is 0 Å². The van der Waals surface area contributed by atoms with Crippen molar-refractivity contribution in [2.75, 3.05) is 11.9 Å². The molecule has 2 aliphatic rings. The molecular formula is C19H25N5O2. The number of alkyl carbamates (subject to hydrolysis) is 1. The molecule has 1 aliphatic heterocycles. The van der Waals surface area contributed by atoms with Crippen molar-refractivity contribution in [2.24, 2.45) is 0 Å². The first-order chi connectivity index (χ1) is 12.8. The van der Waals surface area contributed by atoms with Gasteiger partial charge in [0.1, 0.15) is 6.10 Å². The third-order valence-corrected chi connectivity index (χ3v) is 5.16. The molecule has 26 heavy (non-hydrogen) atoms. The molecule has 0 unspecified atom stereocenters. The molecule has 0 aromatic carbocycles. The van der Waals surface area contributed by atoms with E-state index in [1.807, 2.05) is 12.3 Å². The highest BCUT2D eigenvalue weighted by molar-refractivity contribution is 5.67. The highest BCUT2D eigenvalue weighted by Crippen LogP contribution is 2.36. The van der Waals surface area contributed by atoms with E-state index in [0.717, 1.165) is 67.8 Å². The summed E-state index contributed by atoms with van der Waals surface area (Å²) < 4.78 is 5.56. The molecule has 1 amide bonds. The van der Waals surface area contributed by atoms with Crippen molar-refractivity contribution in [1.82, 2.24) is 20.5 Å². The van der Waals surface area contributed by atoms with Crippen LogP contribution in [0.5, 0.6) is 0 Å². The van der Waals surface area contributed by atoms with Gasteiger partial charge in [-0.15, -0.1) is 0 Å². The number of fused-ring (bicyclic) bond motifs is 7. The highest BCUT2D eigenvalue weighted by Gasteiger charge is 2.29. The molecule has 0 saturated heterocycles. The van der Waals surface area contributed by atoms with Crippen molar-refractivity contribution >= 4 is 17.6 Å². The Morgan fingerprint density at radius 1 is 1.15 bits per heavy atom. The second-order valence-electron chi connectivity index (χ2n) is 7.14. The maximum Gasteiger partial charge on any atom is 0.407 e. The number of H-pyrrole nitrogens is 1. The Labute approximate surface area is 152 Å². The summed E-state index contributed by atoms with van der Waals surface area (Å²) in [6, 6.07) is 6.10. The largest absolute Gasteiger partial charge is 0.446 e. The first-order valence-electron chi connectivity index (χ1n) is 9.48.